The number of benzene rings is 2. The van der Waals surface area contributed by atoms with Crippen LogP contribution < -0.4 is 21.3 Å². The highest BCUT2D eigenvalue weighted by Crippen LogP contribution is 2.31. The van der Waals surface area contributed by atoms with E-state index in [9.17, 15) is 24.4 Å². The SMILES string of the molecule is CC(C)(C)OC(=O)N1CCC(c2ccc(Cc3nc(N4CC[N+](C)(O)CC4)cnc3C(N)=O)cc2)CC1.CN1CCN(c2cnc(C(N)=O)c(Cc3ccc(C4CCN(C(=O)OC(C)(C)C)CC4)cc3)n2)CC1. The summed E-state index contributed by atoms with van der Waals surface area (Å²) in [4.78, 5) is 77.1. The zero-order chi connectivity index (χ0) is 52.7. The number of quaternary nitrogens is 1. The quantitative estimate of drug-likeness (QED) is 0.156. The van der Waals surface area contributed by atoms with Crippen molar-refractivity contribution in [2.45, 2.75) is 103 Å². The molecule has 4 fully saturated rings. The molecule has 2 aromatic heterocycles. The van der Waals surface area contributed by atoms with Gasteiger partial charge in [-0.05, 0) is 108 Å². The summed E-state index contributed by atoms with van der Waals surface area (Å²) in [6.45, 7) is 20.2. The normalized spacial score (nSPS) is 18.2. The molecule has 4 aliphatic heterocycles. The molecule has 0 spiro atoms. The molecule has 5 N–H and O–H groups in total. The van der Waals surface area contributed by atoms with Crippen molar-refractivity contribution < 1.29 is 38.5 Å². The summed E-state index contributed by atoms with van der Waals surface area (Å²) in [6.07, 6.45) is 7.28. The summed E-state index contributed by atoms with van der Waals surface area (Å²) >= 11 is 0. The molecule has 4 aromatic rings. The molecule has 0 bridgehead atoms. The van der Waals surface area contributed by atoms with E-state index in [2.05, 4.69) is 80.2 Å². The number of likely N-dealkylation sites (N-methyl/N-ethyl adjacent to an activating group) is 2. The van der Waals surface area contributed by atoms with Crippen LogP contribution in [0.4, 0.5) is 21.2 Å². The number of likely N-dealkylation sites (tertiary alicyclic amines) is 2. The lowest BCUT2D eigenvalue weighted by molar-refractivity contribution is -1.09. The van der Waals surface area contributed by atoms with Crippen molar-refractivity contribution in [2.75, 3.05) is 102 Å². The van der Waals surface area contributed by atoms with E-state index in [0.29, 0.717) is 94.2 Å². The van der Waals surface area contributed by atoms with Gasteiger partial charge in [0.25, 0.3) is 11.8 Å². The number of amides is 4. The largest absolute Gasteiger partial charge is 0.444 e. The Balaban J connectivity index is 0.000000214. The molecule has 0 radical (unpaired) electrons. The van der Waals surface area contributed by atoms with Gasteiger partial charge >= 0.3 is 12.2 Å². The van der Waals surface area contributed by atoms with Gasteiger partial charge in [-0.3, -0.25) is 9.59 Å². The topological polar surface area (TPSA) is 227 Å². The summed E-state index contributed by atoms with van der Waals surface area (Å²) in [7, 11) is 3.90. The Bertz CT molecular complexity index is 2530. The van der Waals surface area contributed by atoms with Crippen LogP contribution in [0.3, 0.4) is 0 Å². The molecule has 0 unspecified atom stereocenters. The number of nitrogens with zero attached hydrogens (tertiary/aromatic N) is 10. The maximum absolute atomic E-state index is 12.3. The molecule has 19 heteroatoms. The third kappa shape index (κ3) is 15.3. The van der Waals surface area contributed by atoms with E-state index in [1.54, 1.807) is 29.2 Å². The van der Waals surface area contributed by atoms with E-state index in [0.717, 1.165) is 68.8 Å². The van der Waals surface area contributed by atoms with Crippen LogP contribution >= 0.6 is 0 Å². The molecule has 0 atom stereocenters. The van der Waals surface area contributed by atoms with E-state index in [4.69, 9.17) is 30.9 Å². The summed E-state index contributed by atoms with van der Waals surface area (Å²) in [5.74, 6) is 1.10. The molecule has 394 valence electrons. The summed E-state index contributed by atoms with van der Waals surface area (Å²) in [5, 5.41) is 10.2. The second-order valence-electron chi connectivity index (χ2n) is 22.2. The standard InChI is InChI=1S/C27H38N6O4.C27H38N6O3/c1-27(2,3)37-26(35)32-11-9-21(10-12-32)20-7-5-19(6-8-20)17-22-24(25(28)34)29-18-23(30-22)31-13-15-33(4,36)16-14-31;1-27(2,3)36-26(35)33-11-9-21(10-12-33)20-7-5-19(6-8-20)17-22-24(25(28)34)29-18-23(30-22)32-15-13-31(4)14-16-32/h5-8,18,21,36H,9-17H2,1-4H3,(H-,28,34);5-8,18,21H,9-17H2,1-4H3,(H2,28,34)/p+1. The van der Waals surface area contributed by atoms with Crippen LogP contribution in [0.5, 0.6) is 0 Å². The van der Waals surface area contributed by atoms with Gasteiger partial charge in [0.05, 0.1) is 43.9 Å². The van der Waals surface area contributed by atoms with Crippen molar-refractivity contribution in [1.82, 2.24) is 34.6 Å². The van der Waals surface area contributed by atoms with Crippen LogP contribution in [0.2, 0.25) is 0 Å². The number of ether oxygens (including phenoxy) is 2. The number of aromatic nitrogens is 4. The predicted octanol–water partition coefficient (Wildman–Crippen LogP) is 5.97. The smallest absolute Gasteiger partial charge is 0.410 e. The molecule has 2 aromatic carbocycles. The lowest BCUT2D eigenvalue weighted by atomic mass is 9.89. The summed E-state index contributed by atoms with van der Waals surface area (Å²) in [6, 6.07) is 16.8. The van der Waals surface area contributed by atoms with Crippen LogP contribution in [0.1, 0.15) is 134 Å². The molecule has 0 saturated carbocycles. The highest BCUT2D eigenvalue weighted by atomic mass is 16.6. The first-order valence-corrected chi connectivity index (χ1v) is 25.7. The van der Waals surface area contributed by atoms with Gasteiger partial charge in [-0.25, -0.2) is 34.7 Å². The van der Waals surface area contributed by atoms with Crippen LogP contribution in [0, 0.1) is 0 Å². The Morgan fingerprint density at radius 2 is 0.945 bits per heavy atom. The van der Waals surface area contributed by atoms with Gasteiger partial charge in [0, 0.05) is 65.2 Å². The Kier molecular flexibility index (Phi) is 17.3. The van der Waals surface area contributed by atoms with Crippen molar-refractivity contribution in [1.29, 1.82) is 0 Å². The molecule has 6 heterocycles. The minimum absolute atomic E-state index is 0.0114. The number of piperidine rings is 2. The minimum atomic E-state index is -0.597. The van der Waals surface area contributed by atoms with Gasteiger partial charge in [-0.2, -0.15) is 4.65 Å². The Morgan fingerprint density at radius 1 is 0.589 bits per heavy atom. The summed E-state index contributed by atoms with van der Waals surface area (Å²) < 4.78 is 11.0. The molecule has 8 rings (SSSR count). The van der Waals surface area contributed by atoms with Crippen molar-refractivity contribution in [3.8, 4) is 0 Å². The Morgan fingerprint density at radius 3 is 1.29 bits per heavy atom. The van der Waals surface area contributed by atoms with E-state index in [-0.39, 0.29) is 28.2 Å². The third-order valence-electron chi connectivity index (χ3n) is 13.9. The van der Waals surface area contributed by atoms with E-state index >= 15 is 0 Å². The second-order valence-corrected chi connectivity index (χ2v) is 22.2. The Hall–Kier alpha value is -6.44. The number of hydrogen-bond donors (Lipinski definition) is 3. The number of carbonyl (C=O) groups excluding carboxylic acids is 4. The third-order valence-corrected chi connectivity index (χ3v) is 13.9. The second kappa shape index (κ2) is 23.2. The number of anilines is 2. The van der Waals surface area contributed by atoms with Crippen molar-refractivity contribution in [3.63, 3.8) is 0 Å². The van der Waals surface area contributed by atoms with Crippen LogP contribution in [0.25, 0.3) is 0 Å². The molecule has 4 amide bonds. The molecule has 19 nitrogen and oxygen atoms in total. The van der Waals surface area contributed by atoms with Crippen molar-refractivity contribution in [2.24, 2.45) is 11.5 Å². The first-order chi connectivity index (χ1) is 34.5. The Labute approximate surface area is 430 Å². The van der Waals surface area contributed by atoms with E-state index < -0.39 is 23.0 Å². The average molecular weight is 1010 g/mol. The van der Waals surface area contributed by atoms with Gasteiger partial charge in [0.15, 0.2) is 0 Å². The molecule has 73 heavy (non-hydrogen) atoms. The van der Waals surface area contributed by atoms with Crippen LogP contribution in [-0.2, 0) is 22.3 Å². The van der Waals surface area contributed by atoms with Gasteiger partial charge in [-0.15, -0.1) is 0 Å². The monoisotopic (exact) mass is 1010 g/mol. The van der Waals surface area contributed by atoms with E-state index in [1.807, 2.05) is 41.5 Å². The minimum Gasteiger partial charge on any atom is -0.444 e. The first-order valence-electron chi connectivity index (χ1n) is 25.7. The zero-order valence-electron chi connectivity index (χ0n) is 44.2. The highest BCUT2D eigenvalue weighted by Gasteiger charge is 2.31. The van der Waals surface area contributed by atoms with Gasteiger partial charge in [0.2, 0.25) is 0 Å². The maximum atomic E-state index is 12.3. The van der Waals surface area contributed by atoms with E-state index in [1.165, 1.54) is 11.1 Å². The molecule has 4 aliphatic rings. The molecule has 0 aliphatic carbocycles. The number of nitrogens with two attached hydrogens (primary N) is 2. The maximum Gasteiger partial charge on any atom is 0.410 e. The van der Waals surface area contributed by atoms with Gasteiger partial charge in [-0.1, -0.05) is 48.5 Å². The van der Waals surface area contributed by atoms with Crippen LogP contribution in [0.15, 0.2) is 60.9 Å². The number of rotatable bonds is 10. The van der Waals surface area contributed by atoms with Crippen LogP contribution in [-0.4, -0.2) is 172 Å². The highest BCUT2D eigenvalue weighted by molar-refractivity contribution is 5.92. The molecular weight excluding hydrogens is 929 g/mol. The molecule has 4 saturated heterocycles. The summed E-state index contributed by atoms with van der Waals surface area (Å²) in [5.41, 5.74) is 16.4. The molecular formula is C54H77N12O7+. The fourth-order valence-corrected chi connectivity index (χ4v) is 9.60. The van der Waals surface area contributed by atoms with Gasteiger partial charge < -0.3 is 45.4 Å². The lowest BCUT2D eigenvalue weighted by Crippen LogP contribution is -2.55. The number of carbonyl (C=O) groups is 4. The number of piperazine rings is 2. The van der Waals surface area contributed by atoms with Gasteiger partial charge in [0.1, 0.15) is 47.3 Å². The number of primary amides is 2. The fourth-order valence-electron chi connectivity index (χ4n) is 9.60. The number of hydrogen-bond acceptors (Lipinski definition) is 14. The fraction of sp³-hybridized carbons (Fsp3) is 0.556. The lowest BCUT2D eigenvalue weighted by Gasteiger charge is -2.36. The zero-order valence-corrected chi connectivity index (χ0v) is 44.2. The van der Waals surface area contributed by atoms with Crippen molar-refractivity contribution in [3.05, 3.63) is 106 Å². The van der Waals surface area contributed by atoms with Crippen molar-refractivity contribution >= 4 is 35.6 Å². The first kappa shape index (κ1) is 54.3. The number of hydroxylamine groups is 3. The predicted molar refractivity (Wildman–Crippen MR) is 279 cm³/mol. The average Bonchev–Trinajstić information content (AvgIpc) is 3.34.